The zero-order valence-electron chi connectivity index (χ0n) is 43.7. The molecule has 5 aliphatic heterocycles. The molecule has 0 spiro atoms. The second-order valence-electron chi connectivity index (χ2n) is 21.3. The second-order valence-corrected chi connectivity index (χ2v) is 22.8. The van der Waals surface area contributed by atoms with Gasteiger partial charge in [-0.3, -0.25) is 19.3 Å². The van der Waals surface area contributed by atoms with E-state index >= 15 is 8.78 Å². The molecule has 5 aliphatic rings. The molecule has 4 aromatic heterocycles. The monoisotopic (exact) mass is 1100 g/mol. The highest BCUT2D eigenvalue weighted by Gasteiger charge is 2.50. The van der Waals surface area contributed by atoms with Crippen LogP contribution in [0.2, 0.25) is 5.02 Å². The smallest absolute Gasteiger partial charge is 0.319 e. The highest BCUT2D eigenvalue weighted by Crippen LogP contribution is 2.47. The van der Waals surface area contributed by atoms with Gasteiger partial charge in [0, 0.05) is 65.9 Å². The molecule has 4 atom stereocenters. The summed E-state index contributed by atoms with van der Waals surface area (Å²) in [7, 11) is 0. The Hall–Kier alpha value is -7.27. The molecule has 78 heavy (non-hydrogen) atoms. The molecule has 2 N–H and O–H groups in total. The van der Waals surface area contributed by atoms with Gasteiger partial charge in [0.2, 0.25) is 0 Å². The number of rotatable bonds is 11. The van der Waals surface area contributed by atoms with Crippen molar-refractivity contribution in [2.45, 2.75) is 103 Å². The lowest BCUT2D eigenvalue weighted by atomic mass is 9.76. The van der Waals surface area contributed by atoms with Crippen LogP contribution in [0.3, 0.4) is 0 Å². The summed E-state index contributed by atoms with van der Waals surface area (Å²) in [6.45, 7) is 11.7. The Kier molecular flexibility index (Phi) is 12.7. The van der Waals surface area contributed by atoms with Gasteiger partial charge in [0.05, 0.1) is 60.8 Å². The highest BCUT2D eigenvalue weighted by atomic mass is 35.5. The topological polar surface area (TPSA) is 182 Å². The number of nitriles is 1. The number of carbonyl (C=O) groups excluding carboxylic acids is 2. The zero-order valence-corrected chi connectivity index (χ0v) is 45.3. The highest BCUT2D eigenvalue weighted by molar-refractivity contribution is 7.23. The maximum Gasteiger partial charge on any atom is 0.319 e. The molecule has 7 aromatic rings. The number of pyridine rings is 2. The van der Waals surface area contributed by atoms with Crippen LogP contribution in [-0.2, 0) is 39.3 Å². The van der Waals surface area contributed by atoms with E-state index in [-0.39, 0.29) is 117 Å². The molecule has 3 saturated heterocycles. The van der Waals surface area contributed by atoms with Crippen LogP contribution in [0.25, 0.3) is 54.4 Å². The lowest BCUT2D eigenvalue weighted by Crippen LogP contribution is -2.54. The first-order valence-electron chi connectivity index (χ1n) is 26.4. The van der Waals surface area contributed by atoms with Gasteiger partial charge in [-0.25, -0.2) is 18.2 Å². The molecule has 0 aliphatic carbocycles. The number of amides is 1. The maximum atomic E-state index is 17.5. The molecule has 402 valence electrons. The number of carbonyl (C=O) groups is 2. The molecule has 1 amide bonds. The van der Waals surface area contributed by atoms with Gasteiger partial charge in [0.1, 0.15) is 60.0 Å². The van der Waals surface area contributed by atoms with Crippen molar-refractivity contribution in [3.8, 4) is 40.3 Å². The minimum atomic E-state index is -1.01. The molecular formula is C58H55ClF3N9O6S. The SMILES string of the molecule is C/C=C(\COc1ccc2nc3c(c(CC)c2c1)Cn1c-3cc2c(c1=O)COC(=O)[C@]2(C)CC)C(=O)N1CCN(c2nc(OC[C@@]34CCCN3C[C@H](F)C4)nc3c(F)c(-c4ccc(F)c5sc(N)c(C#N)c45)c(Cl)cc23)[C@@H](C)C1. The molecule has 9 heterocycles. The summed E-state index contributed by atoms with van der Waals surface area (Å²) < 4.78 is 67.6. The lowest BCUT2D eigenvalue weighted by Gasteiger charge is -2.41. The number of fused-ring (bicyclic) bond motifs is 8. The number of nitrogen functional groups attached to an aromatic ring is 1. The van der Waals surface area contributed by atoms with Crippen LogP contribution < -0.4 is 25.7 Å². The van der Waals surface area contributed by atoms with E-state index in [1.165, 1.54) is 12.1 Å². The number of nitrogens with two attached hydrogens (primary N) is 1. The Balaban J connectivity index is 0.810. The van der Waals surface area contributed by atoms with Crippen LogP contribution >= 0.6 is 22.9 Å². The number of hydrogen-bond acceptors (Lipinski definition) is 14. The molecule has 3 fully saturated rings. The fourth-order valence-corrected chi connectivity index (χ4v) is 14.0. The Bertz CT molecular complexity index is 3880. The number of allylic oxidation sites excluding steroid dienone is 1. The number of hydrogen-bond donors (Lipinski definition) is 1. The third-order valence-electron chi connectivity index (χ3n) is 17.1. The van der Waals surface area contributed by atoms with Crippen LogP contribution in [0.4, 0.5) is 24.0 Å². The van der Waals surface area contributed by atoms with Crippen molar-refractivity contribution in [1.82, 2.24) is 29.3 Å². The molecule has 0 bridgehead atoms. The third kappa shape index (κ3) is 7.98. The number of piperazine rings is 1. The molecule has 0 radical (unpaired) electrons. The minimum Gasteiger partial charge on any atom is -0.489 e. The van der Waals surface area contributed by atoms with E-state index in [1.54, 1.807) is 28.5 Å². The summed E-state index contributed by atoms with van der Waals surface area (Å²) in [4.78, 5) is 61.8. The molecule has 20 heteroatoms. The van der Waals surface area contributed by atoms with Crippen LogP contribution in [0, 0.1) is 23.0 Å². The average molecular weight is 1100 g/mol. The summed E-state index contributed by atoms with van der Waals surface area (Å²) in [5, 5.41) is 11.4. The third-order valence-corrected chi connectivity index (χ3v) is 18.4. The number of nitrogens with zero attached hydrogens (tertiary/aromatic N) is 8. The van der Waals surface area contributed by atoms with Crippen molar-refractivity contribution in [2.75, 3.05) is 56.6 Å². The van der Waals surface area contributed by atoms with Crippen molar-refractivity contribution in [3.63, 3.8) is 0 Å². The number of thiophene rings is 1. The van der Waals surface area contributed by atoms with E-state index in [2.05, 4.69) is 16.8 Å². The Morgan fingerprint density at radius 1 is 1.05 bits per heavy atom. The van der Waals surface area contributed by atoms with E-state index in [4.69, 9.17) is 41.5 Å². The summed E-state index contributed by atoms with van der Waals surface area (Å²) in [6, 6.07) is 13.2. The normalized spacial score (nSPS) is 21.9. The Morgan fingerprint density at radius 2 is 1.87 bits per heavy atom. The Labute approximate surface area is 456 Å². The fourth-order valence-electron chi connectivity index (χ4n) is 12.7. The van der Waals surface area contributed by atoms with Crippen molar-refractivity contribution in [1.29, 1.82) is 5.26 Å². The number of ether oxygens (including phenoxy) is 3. The van der Waals surface area contributed by atoms with Gasteiger partial charge in [-0.2, -0.15) is 15.2 Å². The summed E-state index contributed by atoms with van der Waals surface area (Å²) in [6.07, 6.45) is 3.78. The first kappa shape index (κ1) is 51.5. The second kappa shape index (κ2) is 19.3. The number of anilines is 2. The predicted molar refractivity (Wildman–Crippen MR) is 293 cm³/mol. The van der Waals surface area contributed by atoms with Crippen molar-refractivity contribution in [3.05, 3.63) is 109 Å². The van der Waals surface area contributed by atoms with E-state index in [1.807, 2.05) is 56.0 Å². The van der Waals surface area contributed by atoms with Gasteiger partial charge in [-0.05, 0) is 106 Å². The summed E-state index contributed by atoms with van der Waals surface area (Å²) >= 11 is 7.91. The van der Waals surface area contributed by atoms with Crippen LogP contribution in [0.15, 0.2) is 58.9 Å². The fraction of sp³-hybridized carbons (Fsp3) is 0.397. The number of benzene rings is 3. The minimum absolute atomic E-state index is 0.00724. The number of alkyl halides is 1. The van der Waals surface area contributed by atoms with Crippen molar-refractivity contribution >= 4 is 77.5 Å². The number of aryl methyl sites for hydroxylation is 1. The molecule has 0 saturated carbocycles. The molecular weight excluding hydrogens is 1040 g/mol. The van der Waals surface area contributed by atoms with Gasteiger partial charge < -0.3 is 34.3 Å². The number of aromatic nitrogens is 4. The zero-order chi connectivity index (χ0) is 54.7. The number of cyclic esters (lactones) is 1. The van der Waals surface area contributed by atoms with E-state index in [9.17, 15) is 24.0 Å². The van der Waals surface area contributed by atoms with E-state index < -0.39 is 28.8 Å². The molecule has 0 unspecified atom stereocenters. The predicted octanol–water partition coefficient (Wildman–Crippen LogP) is 9.94. The first-order chi connectivity index (χ1) is 37.5. The van der Waals surface area contributed by atoms with Crippen molar-refractivity contribution < 1.29 is 37.0 Å². The summed E-state index contributed by atoms with van der Waals surface area (Å²) in [5.41, 5.74) is 10.1. The largest absolute Gasteiger partial charge is 0.489 e. The maximum absolute atomic E-state index is 17.5. The number of esters is 1. The van der Waals surface area contributed by atoms with Gasteiger partial charge in [0.15, 0.2) is 5.82 Å². The molecule has 3 aromatic carbocycles. The van der Waals surface area contributed by atoms with Gasteiger partial charge in [0.25, 0.3) is 11.5 Å². The van der Waals surface area contributed by atoms with Gasteiger partial charge >= 0.3 is 12.0 Å². The van der Waals surface area contributed by atoms with Gasteiger partial charge in [-0.15, -0.1) is 11.3 Å². The first-order valence-corrected chi connectivity index (χ1v) is 27.6. The van der Waals surface area contributed by atoms with Crippen LogP contribution in [0.5, 0.6) is 11.8 Å². The standard InChI is InChI=1S/C58H55ClF3N9O6S/c1-6-30(26-75-32-10-13-43-35(18-32)33(7-2)38-25-71-44(48(38)65-43)20-40-39(54(71)73)27-76-55(74)57(40,5)8-3)53(72)68-16-17-70(29(4)23-68)52-36-19-41(59)46(34-11-12-42(61)50-45(34)37(22-63)51(64)78-50)47(62)49(36)66-56(67-52)77-28-58-14-9-15-69(58)24-31(60)21-58/h6,10-13,18-20,29,31H,7-9,14-17,21,23-28,64H2,1-5H3/b30-6+/t29-,31+,57+,58-/m0/s1. The lowest BCUT2D eigenvalue weighted by molar-refractivity contribution is -0.153. The summed E-state index contributed by atoms with van der Waals surface area (Å²) in [5.74, 6) is -1.16. The van der Waals surface area contributed by atoms with Gasteiger partial charge in [-0.1, -0.05) is 37.6 Å². The quantitative estimate of drug-likeness (QED) is 0.0955. The average Bonchev–Trinajstić information content (AvgIpc) is 4.33. The van der Waals surface area contributed by atoms with Crippen molar-refractivity contribution in [2.24, 2.45) is 0 Å². The van der Waals surface area contributed by atoms with Crippen LogP contribution in [0.1, 0.15) is 88.1 Å². The van der Waals surface area contributed by atoms with Crippen LogP contribution in [-0.4, -0.2) is 105 Å². The molecule has 12 rings (SSSR count). The van der Waals surface area contributed by atoms with E-state index in [0.717, 1.165) is 52.8 Å². The van der Waals surface area contributed by atoms with E-state index in [0.29, 0.717) is 72.0 Å². The Morgan fingerprint density at radius 3 is 2.63 bits per heavy atom. The number of halogens is 4. The molecule has 15 nitrogen and oxygen atoms in total.